The molecule has 0 atom stereocenters. The summed E-state index contributed by atoms with van der Waals surface area (Å²) >= 11 is 0. The van der Waals surface area contributed by atoms with Crippen molar-refractivity contribution in [2.75, 3.05) is 0 Å². The van der Waals surface area contributed by atoms with Gasteiger partial charge in [-0.15, -0.1) is 0 Å². The summed E-state index contributed by atoms with van der Waals surface area (Å²) in [5, 5.41) is 7.31. The van der Waals surface area contributed by atoms with Gasteiger partial charge in [-0.25, -0.2) is 0 Å². The van der Waals surface area contributed by atoms with E-state index < -0.39 is 5.97 Å². The second-order valence-electron chi connectivity index (χ2n) is 0.394. The third kappa shape index (κ3) is 49.6. The number of hydrogen-bond acceptors (Lipinski definition) is 1. The molecule has 2 nitrogen and oxygen atoms in total. The van der Waals surface area contributed by atoms with Crippen LogP contribution in [0.4, 0.5) is 0 Å². The molecule has 1 radical (unpaired) electrons. The van der Waals surface area contributed by atoms with Crippen LogP contribution in [0, 0.1) is 6.92 Å². The standard InChI is InChI=1S/C2H3O2.Ca.Mg.4H/c1-2(3)4;;;;;;/h1H2,(H,3,4);;;;;;. The van der Waals surface area contributed by atoms with E-state index in [1.165, 1.54) is 0 Å². The van der Waals surface area contributed by atoms with Gasteiger partial charge < -0.3 is 5.11 Å². The summed E-state index contributed by atoms with van der Waals surface area (Å²) in [6.07, 6.45) is 0. The molecule has 0 aliphatic heterocycles. The Balaban J connectivity index is -0.0000000450. The first-order chi connectivity index (χ1) is 1.73. The molecule has 0 bridgehead atoms. The summed E-state index contributed by atoms with van der Waals surface area (Å²) in [7, 11) is 0. The summed E-state index contributed by atoms with van der Waals surface area (Å²) in [6.45, 7) is 2.56. The Hall–Kier alpha value is 1.50. The second-order valence-corrected chi connectivity index (χ2v) is 0.394. The number of aliphatic carboxylic acids is 1. The van der Waals surface area contributed by atoms with E-state index in [0.717, 1.165) is 0 Å². The zero-order valence-electron chi connectivity index (χ0n) is 2.06. The summed E-state index contributed by atoms with van der Waals surface area (Å²) in [5.41, 5.74) is 0. The fraction of sp³-hybridized carbons (Fsp3) is 0. The van der Waals surface area contributed by atoms with Crippen molar-refractivity contribution in [3.63, 3.8) is 0 Å². The Morgan fingerprint density at radius 1 is 1.67 bits per heavy atom. The number of carbonyl (C=O) groups is 1. The van der Waals surface area contributed by atoms with Crippen molar-refractivity contribution in [3.05, 3.63) is 6.92 Å². The maximum Gasteiger partial charge on any atom is 0.316 e. The van der Waals surface area contributed by atoms with Crippen LogP contribution in [0.3, 0.4) is 0 Å². The van der Waals surface area contributed by atoms with E-state index in [0.29, 0.717) is 0 Å². The molecular weight excluding hydrogens is 120 g/mol. The first-order valence-corrected chi connectivity index (χ1v) is 0.781. The molecule has 4 heteroatoms. The summed E-state index contributed by atoms with van der Waals surface area (Å²) in [6, 6.07) is 0. The minimum atomic E-state index is -1.08. The van der Waals surface area contributed by atoms with Crippen molar-refractivity contribution in [2.24, 2.45) is 0 Å². The Morgan fingerprint density at radius 2 is 1.67 bits per heavy atom. The molecule has 0 unspecified atom stereocenters. The van der Waals surface area contributed by atoms with Crippen LogP contribution in [0.5, 0.6) is 0 Å². The smallest absolute Gasteiger partial charge is 0.316 e. The molecule has 0 aromatic heterocycles. The molecule has 1 N–H and O–H groups in total. The van der Waals surface area contributed by atoms with Gasteiger partial charge in [0.15, 0.2) is 0 Å². The van der Waals surface area contributed by atoms with E-state index in [1.807, 2.05) is 0 Å². The molecule has 0 amide bonds. The van der Waals surface area contributed by atoms with Crippen LogP contribution < -0.4 is 0 Å². The molecule has 0 heterocycles. The van der Waals surface area contributed by atoms with E-state index in [-0.39, 0.29) is 60.8 Å². The van der Waals surface area contributed by atoms with E-state index in [4.69, 9.17) is 9.90 Å². The molecular formula is C2H7CaMgO2. The van der Waals surface area contributed by atoms with Crippen molar-refractivity contribution in [2.45, 2.75) is 0 Å². The summed E-state index contributed by atoms with van der Waals surface area (Å²) in [4.78, 5) is 8.89. The molecule has 0 aliphatic rings. The predicted octanol–water partition coefficient (Wildman–Crippen LogP) is -1.93. The molecule has 31 valence electrons. The van der Waals surface area contributed by atoms with Crippen molar-refractivity contribution in [1.82, 2.24) is 0 Å². The van der Waals surface area contributed by atoms with Gasteiger partial charge in [-0.3, -0.25) is 4.79 Å². The van der Waals surface area contributed by atoms with Gasteiger partial charge in [-0.1, -0.05) is 0 Å². The third-order valence-electron chi connectivity index (χ3n) is 0. The minimum absolute atomic E-state index is 0. The van der Waals surface area contributed by atoms with Crippen molar-refractivity contribution in [3.8, 4) is 0 Å². The number of rotatable bonds is 0. The Morgan fingerprint density at radius 3 is 1.67 bits per heavy atom. The Labute approximate surface area is 82.4 Å². The van der Waals surface area contributed by atoms with Gasteiger partial charge in [0, 0.05) is 0 Å². The molecule has 0 spiro atoms. The summed E-state index contributed by atoms with van der Waals surface area (Å²) in [5.74, 6) is -1.08. The van der Waals surface area contributed by atoms with Crippen LogP contribution in [0.2, 0.25) is 0 Å². The van der Waals surface area contributed by atoms with Crippen LogP contribution >= 0.6 is 0 Å². The van der Waals surface area contributed by atoms with Crippen LogP contribution in [0.15, 0.2) is 0 Å². The molecule has 6 heavy (non-hydrogen) atoms. The SMILES string of the molecule is [CH2]C(=O)O.[CaH2].[MgH2]. The topological polar surface area (TPSA) is 37.3 Å². The van der Waals surface area contributed by atoms with Crippen molar-refractivity contribution < 1.29 is 9.90 Å². The monoisotopic (exact) mass is 127 g/mol. The van der Waals surface area contributed by atoms with E-state index in [2.05, 4.69) is 6.92 Å². The van der Waals surface area contributed by atoms with Crippen molar-refractivity contribution in [1.29, 1.82) is 0 Å². The predicted molar refractivity (Wildman–Crippen MR) is 30.1 cm³/mol. The number of carboxylic acid groups (broad SMARTS) is 1. The molecule has 0 aromatic carbocycles. The van der Waals surface area contributed by atoms with Gasteiger partial charge in [-0.2, -0.15) is 0 Å². The zero-order chi connectivity index (χ0) is 3.58. The molecule has 0 saturated heterocycles. The van der Waals surface area contributed by atoms with Gasteiger partial charge in [0.25, 0.3) is 0 Å². The second kappa shape index (κ2) is 9.71. The van der Waals surface area contributed by atoms with E-state index >= 15 is 0 Å². The first kappa shape index (κ1) is 15.6. The maximum atomic E-state index is 8.89. The first-order valence-electron chi connectivity index (χ1n) is 0.781. The van der Waals surface area contributed by atoms with Crippen LogP contribution in [0.25, 0.3) is 0 Å². The molecule has 0 aliphatic carbocycles. The Bertz CT molecular complexity index is 34.5. The maximum absolute atomic E-state index is 8.89. The number of carboxylic acids is 1. The number of hydrogen-bond donors (Lipinski definition) is 1. The quantitative estimate of drug-likeness (QED) is 0.385. The van der Waals surface area contributed by atoms with E-state index in [9.17, 15) is 0 Å². The van der Waals surface area contributed by atoms with Crippen LogP contribution in [-0.2, 0) is 4.79 Å². The van der Waals surface area contributed by atoms with Crippen LogP contribution in [0.1, 0.15) is 0 Å². The largest absolute Gasteiger partial charge is 0.316 e. The molecule has 0 saturated carbocycles. The van der Waals surface area contributed by atoms with Crippen molar-refractivity contribution >= 4 is 66.8 Å². The fourth-order valence-corrected chi connectivity index (χ4v) is 0. The molecule has 0 rings (SSSR count). The van der Waals surface area contributed by atoms with Gasteiger partial charge in [0.1, 0.15) is 0 Å². The van der Waals surface area contributed by atoms with Crippen LogP contribution in [-0.4, -0.2) is 71.9 Å². The molecule has 0 fully saturated rings. The molecule has 0 aromatic rings. The van der Waals surface area contributed by atoms with Gasteiger partial charge in [-0.05, 0) is 0 Å². The summed E-state index contributed by atoms with van der Waals surface area (Å²) < 4.78 is 0. The van der Waals surface area contributed by atoms with E-state index in [1.54, 1.807) is 0 Å². The average Bonchev–Trinajstić information content (AvgIpc) is 0.811. The minimum Gasteiger partial charge on any atom is 0.316 e. The normalized spacial score (nSPS) is 4.17. The fourth-order valence-electron chi connectivity index (χ4n) is 0. The average molecular weight is 127 g/mol. The zero-order valence-corrected chi connectivity index (χ0v) is 2.06. The van der Waals surface area contributed by atoms with Gasteiger partial charge in [0.05, 0.1) is 6.92 Å². The van der Waals surface area contributed by atoms with Gasteiger partial charge in [0.2, 0.25) is 0 Å². The van der Waals surface area contributed by atoms with Gasteiger partial charge >= 0.3 is 66.8 Å². The third-order valence-corrected chi connectivity index (χ3v) is 0. The Kier molecular flexibility index (Phi) is 25.3.